The second-order valence-electron chi connectivity index (χ2n) is 7.67. The summed E-state index contributed by atoms with van der Waals surface area (Å²) in [6.07, 6.45) is 5.34. The summed E-state index contributed by atoms with van der Waals surface area (Å²) in [7, 11) is 0. The van der Waals surface area contributed by atoms with Crippen molar-refractivity contribution in [2.45, 2.75) is 66.7 Å². The van der Waals surface area contributed by atoms with Gasteiger partial charge >= 0.3 is 0 Å². The van der Waals surface area contributed by atoms with Gasteiger partial charge in [-0.1, -0.05) is 34.6 Å². The molecule has 0 aliphatic rings. The summed E-state index contributed by atoms with van der Waals surface area (Å²) in [6.45, 7) is 14.4. The van der Waals surface area contributed by atoms with E-state index in [-0.39, 0.29) is 12.0 Å². The van der Waals surface area contributed by atoms with Crippen molar-refractivity contribution in [1.82, 2.24) is 0 Å². The standard InChI is InChI=1S/C17H36O3/c1-16(2,3)9-6-11-19-13-8-14-20-12-7-10-17(4,5)15-18/h18H,6-15H2,1-5H3. The first kappa shape index (κ1) is 19.9. The van der Waals surface area contributed by atoms with Gasteiger partial charge < -0.3 is 14.6 Å². The highest BCUT2D eigenvalue weighted by atomic mass is 16.5. The van der Waals surface area contributed by atoms with Gasteiger partial charge in [0.15, 0.2) is 0 Å². The quantitative estimate of drug-likeness (QED) is 0.551. The second-order valence-corrected chi connectivity index (χ2v) is 7.67. The lowest BCUT2D eigenvalue weighted by molar-refractivity contribution is 0.0700. The first-order valence-corrected chi connectivity index (χ1v) is 8.03. The van der Waals surface area contributed by atoms with Gasteiger partial charge in [-0.25, -0.2) is 0 Å². The Morgan fingerprint density at radius 3 is 1.60 bits per heavy atom. The predicted molar refractivity (Wildman–Crippen MR) is 85.0 cm³/mol. The third kappa shape index (κ3) is 14.3. The fourth-order valence-corrected chi connectivity index (χ4v) is 1.90. The molecule has 122 valence electrons. The fourth-order valence-electron chi connectivity index (χ4n) is 1.90. The third-order valence-electron chi connectivity index (χ3n) is 3.36. The van der Waals surface area contributed by atoms with E-state index < -0.39 is 0 Å². The van der Waals surface area contributed by atoms with Gasteiger partial charge in [-0.15, -0.1) is 0 Å². The minimum Gasteiger partial charge on any atom is -0.396 e. The minimum absolute atomic E-state index is 0.0273. The molecule has 0 atom stereocenters. The molecular weight excluding hydrogens is 252 g/mol. The van der Waals surface area contributed by atoms with Crippen molar-refractivity contribution in [1.29, 1.82) is 0 Å². The number of aliphatic hydroxyl groups excluding tert-OH is 1. The lowest BCUT2D eigenvalue weighted by atomic mass is 9.89. The SMILES string of the molecule is CC(C)(C)CCCOCCCOCCCC(C)(C)CO. The van der Waals surface area contributed by atoms with E-state index in [2.05, 4.69) is 34.6 Å². The Balaban J connectivity index is 3.18. The van der Waals surface area contributed by atoms with Crippen molar-refractivity contribution in [3.05, 3.63) is 0 Å². The molecule has 0 heterocycles. The highest BCUT2D eigenvalue weighted by molar-refractivity contribution is 4.66. The van der Waals surface area contributed by atoms with Crippen LogP contribution >= 0.6 is 0 Å². The second kappa shape index (κ2) is 10.6. The Labute approximate surface area is 126 Å². The van der Waals surface area contributed by atoms with Crippen LogP contribution in [0.4, 0.5) is 0 Å². The zero-order valence-electron chi connectivity index (χ0n) is 14.3. The molecule has 0 spiro atoms. The summed E-state index contributed by atoms with van der Waals surface area (Å²) in [4.78, 5) is 0. The van der Waals surface area contributed by atoms with E-state index in [1.807, 2.05) is 0 Å². The molecule has 0 aliphatic carbocycles. The van der Waals surface area contributed by atoms with Crippen molar-refractivity contribution >= 4 is 0 Å². The highest BCUT2D eigenvalue weighted by Crippen LogP contribution is 2.21. The Kier molecular flexibility index (Phi) is 10.5. The summed E-state index contributed by atoms with van der Waals surface area (Å²) >= 11 is 0. The van der Waals surface area contributed by atoms with E-state index in [0.29, 0.717) is 5.41 Å². The molecule has 3 heteroatoms. The largest absolute Gasteiger partial charge is 0.396 e. The van der Waals surface area contributed by atoms with Gasteiger partial charge in [-0.05, 0) is 42.9 Å². The van der Waals surface area contributed by atoms with Crippen LogP contribution < -0.4 is 0 Å². The number of aliphatic hydroxyl groups is 1. The van der Waals surface area contributed by atoms with E-state index >= 15 is 0 Å². The molecule has 0 bridgehead atoms. The van der Waals surface area contributed by atoms with Crippen molar-refractivity contribution in [2.75, 3.05) is 33.0 Å². The summed E-state index contributed by atoms with van der Waals surface area (Å²) in [5.41, 5.74) is 0.439. The number of hydrogen-bond donors (Lipinski definition) is 1. The Hall–Kier alpha value is -0.120. The van der Waals surface area contributed by atoms with E-state index in [9.17, 15) is 0 Å². The predicted octanol–water partition coefficient (Wildman–Crippen LogP) is 4.03. The first-order chi connectivity index (χ1) is 9.27. The molecule has 3 nitrogen and oxygen atoms in total. The molecule has 0 saturated carbocycles. The minimum atomic E-state index is 0.0273. The number of hydrogen-bond acceptors (Lipinski definition) is 3. The molecule has 0 fully saturated rings. The van der Waals surface area contributed by atoms with Crippen LogP contribution in [0.5, 0.6) is 0 Å². The summed E-state index contributed by atoms with van der Waals surface area (Å²) in [5, 5.41) is 9.13. The molecule has 0 amide bonds. The van der Waals surface area contributed by atoms with Crippen molar-refractivity contribution in [3.8, 4) is 0 Å². The lowest BCUT2D eigenvalue weighted by Gasteiger charge is -2.20. The van der Waals surface area contributed by atoms with Crippen molar-refractivity contribution in [2.24, 2.45) is 10.8 Å². The van der Waals surface area contributed by atoms with Crippen LogP contribution in [0.15, 0.2) is 0 Å². The van der Waals surface area contributed by atoms with Gasteiger partial charge in [0.2, 0.25) is 0 Å². The topological polar surface area (TPSA) is 38.7 Å². The number of ether oxygens (including phenoxy) is 2. The Morgan fingerprint density at radius 2 is 1.15 bits per heavy atom. The Bertz CT molecular complexity index is 219. The van der Waals surface area contributed by atoms with Crippen LogP contribution in [-0.4, -0.2) is 38.1 Å². The molecule has 0 unspecified atom stereocenters. The molecule has 0 rings (SSSR count). The summed E-state index contributed by atoms with van der Waals surface area (Å²) in [5.74, 6) is 0. The first-order valence-electron chi connectivity index (χ1n) is 8.03. The van der Waals surface area contributed by atoms with Crippen LogP contribution in [0, 0.1) is 10.8 Å². The zero-order chi connectivity index (χ0) is 15.5. The maximum Gasteiger partial charge on any atom is 0.0487 e. The summed E-state index contributed by atoms with van der Waals surface area (Å²) in [6, 6.07) is 0. The smallest absolute Gasteiger partial charge is 0.0487 e. The molecule has 0 aromatic rings. The van der Waals surface area contributed by atoms with Crippen LogP contribution in [0.2, 0.25) is 0 Å². The highest BCUT2D eigenvalue weighted by Gasteiger charge is 2.15. The third-order valence-corrected chi connectivity index (χ3v) is 3.36. The van der Waals surface area contributed by atoms with Crippen LogP contribution in [0.25, 0.3) is 0 Å². The maximum atomic E-state index is 9.13. The summed E-state index contributed by atoms with van der Waals surface area (Å²) < 4.78 is 11.2. The zero-order valence-corrected chi connectivity index (χ0v) is 14.3. The van der Waals surface area contributed by atoms with E-state index in [1.54, 1.807) is 0 Å². The maximum absolute atomic E-state index is 9.13. The average Bonchev–Trinajstić information content (AvgIpc) is 2.34. The normalized spacial score (nSPS) is 12.9. The van der Waals surface area contributed by atoms with Crippen molar-refractivity contribution < 1.29 is 14.6 Å². The molecular formula is C17H36O3. The molecule has 1 N–H and O–H groups in total. The number of rotatable bonds is 12. The Morgan fingerprint density at radius 1 is 0.700 bits per heavy atom. The van der Waals surface area contributed by atoms with Gasteiger partial charge in [0, 0.05) is 33.0 Å². The van der Waals surface area contributed by atoms with E-state index in [0.717, 1.165) is 52.1 Å². The molecule has 0 aliphatic heterocycles. The van der Waals surface area contributed by atoms with Crippen molar-refractivity contribution in [3.63, 3.8) is 0 Å². The van der Waals surface area contributed by atoms with Gasteiger partial charge in [-0.2, -0.15) is 0 Å². The van der Waals surface area contributed by atoms with Gasteiger partial charge in [0.25, 0.3) is 0 Å². The molecule has 0 aromatic carbocycles. The fraction of sp³-hybridized carbons (Fsp3) is 1.00. The average molecular weight is 288 g/mol. The van der Waals surface area contributed by atoms with E-state index in [1.165, 1.54) is 6.42 Å². The van der Waals surface area contributed by atoms with Crippen LogP contribution in [0.3, 0.4) is 0 Å². The van der Waals surface area contributed by atoms with Gasteiger partial charge in [-0.3, -0.25) is 0 Å². The van der Waals surface area contributed by atoms with Crippen LogP contribution in [0.1, 0.15) is 66.7 Å². The van der Waals surface area contributed by atoms with Crippen LogP contribution in [-0.2, 0) is 9.47 Å². The van der Waals surface area contributed by atoms with Gasteiger partial charge in [0.1, 0.15) is 0 Å². The van der Waals surface area contributed by atoms with Gasteiger partial charge in [0.05, 0.1) is 0 Å². The molecule has 0 saturated heterocycles. The molecule has 0 radical (unpaired) electrons. The molecule has 0 aromatic heterocycles. The van der Waals surface area contributed by atoms with E-state index in [4.69, 9.17) is 14.6 Å². The lowest BCUT2D eigenvalue weighted by Crippen LogP contribution is -2.17. The monoisotopic (exact) mass is 288 g/mol. The molecule has 20 heavy (non-hydrogen) atoms.